The molecule has 1 unspecified atom stereocenters. The summed E-state index contributed by atoms with van der Waals surface area (Å²) in [6, 6.07) is 10.1. The smallest absolute Gasteiger partial charge is 0.227 e. The number of likely N-dealkylation sites (tertiary alicyclic amines) is 1. The number of nitrogens with one attached hydrogen (secondary N) is 1. The van der Waals surface area contributed by atoms with Gasteiger partial charge in [0.15, 0.2) is 0 Å². The van der Waals surface area contributed by atoms with Crippen LogP contribution in [0.2, 0.25) is 0 Å². The van der Waals surface area contributed by atoms with Crippen molar-refractivity contribution in [3.63, 3.8) is 0 Å². The fourth-order valence-corrected chi connectivity index (χ4v) is 3.78. The highest BCUT2D eigenvalue weighted by molar-refractivity contribution is 5.83. The van der Waals surface area contributed by atoms with E-state index in [-0.39, 0.29) is 17.9 Å². The van der Waals surface area contributed by atoms with Crippen LogP contribution in [0.25, 0.3) is 0 Å². The number of aryl methyl sites for hydroxylation is 1. The first-order chi connectivity index (χ1) is 12.6. The van der Waals surface area contributed by atoms with Crippen molar-refractivity contribution in [3.05, 3.63) is 35.9 Å². The predicted molar refractivity (Wildman–Crippen MR) is 99.4 cm³/mol. The number of hydrogen-bond acceptors (Lipinski definition) is 4. The normalized spacial score (nSPS) is 22.2. The van der Waals surface area contributed by atoms with E-state index in [9.17, 15) is 9.59 Å². The van der Waals surface area contributed by atoms with Gasteiger partial charge in [0.05, 0.1) is 5.41 Å². The third kappa shape index (κ3) is 4.43. The highest BCUT2D eigenvalue weighted by Crippen LogP contribution is 2.30. The van der Waals surface area contributed by atoms with E-state index in [0.29, 0.717) is 52.1 Å². The van der Waals surface area contributed by atoms with Crippen LogP contribution in [-0.4, -0.2) is 55.6 Å². The highest BCUT2D eigenvalue weighted by Gasteiger charge is 2.40. The summed E-state index contributed by atoms with van der Waals surface area (Å²) in [5.74, 6) is 0.178. The number of benzene rings is 1. The van der Waals surface area contributed by atoms with Gasteiger partial charge in [-0.3, -0.25) is 9.59 Å². The standard InChI is InChI=1S/C20H29N3O3/c21-15-20(9-12-26-13-10-20)19(25)22-17-8-11-23(14-17)18(24)7-6-16-4-2-1-3-5-16/h1-5,17H,6-15,21H2,(H,22,25). The third-order valence-corrected chi connectivity index (χ3v) is 5.67. The molecule has 1 aromatic carbocycles. The number of ether oxygens (including phenoxy) is 1. The summed E-state index contributed by atoms with van der Waals surface area (Å²) in [7, 11) is 0. The number of nitrogens with zero attached hydrogens (tertiary/aromatic N) is 1. The molecule has 2 heterocycles. The zero-order chi connectivity index (χ0) is 18.4. The van der Waals surface area contributed by atoms with Crippen molar-refractivity contribution in [1.29, 1.82) is 0 Å². The van der Waals surface area contributed by atoms with Gasteiger partial charge in [-0.25, -0.2) is 0 Å². The molecule has 2 aliphatic rings. The zero-order valence-electron chi connectivity index (χ0n) is 15.3. The van der Waals surface area contributed by atoms with Gasteiger partial charge in [0, 0.05) is 45.3 Å². The van der Waals surface area contributed by atoms with Crippen molar-refractivity contribution in [2.24, 2.45) is 11.1 Å². The number of rotatable bonds is 6. The van der Waals surface area contributed by atoms with Crippen LogP contribution < -0.4 is 11.1 Å². The van der Waals surface area contributed by atoms with E-state index in [1.54, 1.807) is 0 Å². The molecule has 6 heteroatoms. The number of carbonyl (C=O) groups is 2. The maximum Gasteiger partial charge on any atom is 0.227 e. The first-order valence-corrected chi connectivity index (χ1v) is 9.53. The lowest BCUT2D eigenvalue weighted by atomic mass is 9.79. The van der Waals surface area contributed by atoms with Crippen molar-refractivity contribution < 1.29 is 14.3 Å². The summed E-state index contributed by atoms with van der Waals surface area (Å²) in [5.41, 5.74) is 6.57. The molecule has 26 heavy (non-hydrogen) atoms. The molecule has 142 valence electrons. The molecule has 0 aromatic heterocycles. The summed E-state index contributed by atoms with van der Waals surface area (Å²) in [6.07, 6.45) is 3.40. The molecule has 0 bridgehead atoms. The van der Waals surface area contributed by atoms with Gasteiger partial charge in [-0.2, -0.15) is 0 Å². The first kappa shape index (κ1) is 18.9. The minimum atomic E-state index is -0.511. The minimum Gasteiger partial charge on any atom is -0.381 e. The summed E-state index contributed by atoms with van der Waals surface area (Å²) >= 11 is 0. The summed E-state index contributed by atoms with van der Waals surface area (Å²) in [4.78, 5) is 27.1. The van der Waals surface area contributed by atoms with E-state index >= 15 is 0 Å². The molecule has 3 rings (SSSR count). The van der Waals surface area contributed by atoms with Crippen LogP contribution in [0.15, 0.2) is 30.3 Å². The molecule has 2 fully saturated rings. The van der Waals surface area contributed by atoms with Crippen molar-refractivity contribution in [2.45, 2.75) is 38.1 Å². The summed E-state index contributed by atoms with van der Waals surface area (Å²) < 4.78 is 5.37. The van der Waals surface area contributed by atoms with E-state index in [0.717, 1.165) is 12.8 Å². The monoisotopic (exact) mass is 359 g/mol. The SMILES string of the molecule is NCC1(C(=O)NC2CCN(C(=O)CCc3ccccc3)C2)CCOCC1. The lowest BCUT2D eigenvalue weighted by molar-refractivity contribution is -0.137. The van der Waals surface area contributed by atoms with E-state index in [1.807, 2.05) is 35.2 Å². The number of carbonyl (C=O) groups excluding carboxylic acids is 2. The van der Waals surface area contributed by atoms with Crippen molar-refractivity contribution in [2.75, 3.05) is 32.8 Å². The van der Waals surface area contributed by atoms with Crippen LogP contribution in [0.3, 0.4) is 0 Å². The molecule has 2 saturated heterocycles. The molecule has 6 nitrogen and oxygen atoms in total. The maximum atomic E-state index is 12.7. The van der Waals surface area contributed by atoms with E-state index in [1.165, 1.54) is 5.56 Å². The van der Waals surface area contributed by atoms with E-state index in [2.05, 4.69) is 5.32 Å². The Morgan fingerprint density at radius 3 is 2.65 bits per heavy atom. The minimum absolute atomic E-state index is 0.0203. The van der Waals surface area contributed by atoms with Gasteiger partial charge in [0.25, 0.3) is 0 Å². The average molecular weight is 359 g/mol. The molecule has 1 atom stereocenters. The maximum absolute atomic E-state index is 12.7. The number of amides is 2. The van der Waals surface area contributed by atoms with Gasteiger partial charge in [-0.15, -0.1) is 0 Å². The van der Waals surface area contributed by atoms with Crippen molar-refractivity contribution in [3.8, 4) is 0 Å². The Hall–Kier alpha value is -1.92. The molecule has 0 saturated carbocycles. The second-order valence-electron chi connectivity index (χ2n) is 7.38. The Labute approximate surface area is 155 Å². The van der Waals surface area contributed by atoms with Crippen LogP contribution in [0, 0.1) is 5.41 Å². The zero-order valence-corrected chi connectivity index (χ0v) is 15.3. The fraction of sp³-hybridized carbons (Fsp3) is 0.600. The van der Waals surface area contributed by atoms with Crippen LogP contribution in [0.4, 0.5) is 0 Å². The number of nitrogens with two attached hydrogens (primary N) is 1. The van der Waals surface area contributed by atoms with Gasteiger partial charge >= 0.3 is 0 Å². The quantitative estimate of drug-likeness (QED) is 0.796. The molecule has 0 aliphatic carbocycles. The lowest BCUT2D eigenvalue weighted by Crippen LogP contribution is -2.52. The van der Waals surface area contributed by atoms with Crippen LogP contribution in [0.1, 0.15) is 31.2 Å². The Morgan fingerprint density at radius 1 is 1.23 bits per heavy atom. The van der Waals surface area contributed by atoms with Crippen LogP contribution in [0.5, 0.6) is 0 Å². The fourth-order valence-electron chi connectivity index (χ4n) is 3.78. The Bertz CT molecular complexity index is 614. The molecule has 2 amide bonds. The molecular formula is C20H29N3O3. The Kier molecular flexibility index (Phi) is 6.27. The second-order valence-corrected chi connectivity index (χ2v) is 7.38. The molecule has 0 spiro atoms. The first-order valence-electron chi connectivity index (χ1n) is 9.53. The van der Waals surface area contributed by atoms with Gasteiger partial charge in [0.1, 0.15) is 0 Å². The molecular weight excluding hydrogens is 330 g/mol. The van der Waals surface area contributed by atoms with Gasteiger partial charge in [-0.1, -0.05) is 30.3 Å². The largest absolute Gasteiger partial charge is 0.381 e. The average Bonchev–Trinajstić information content (AvgIpc) is 3.16. The predicted octanol–water partition coefficient (Wildman–Crippen LogP) is 1.09. The van der Waals surface area contributed by atoms with Gasteiger partial charge < -0.3 is 20.7 Å². The molecule has 0 radical (unpaired) electrons. The van der Waals surface area contributed by atoms with Crippen LogP contribution in [-0.2, 0) is 20.7 Å². The number of hydrogen-bond donors (Lipinski definition) is 2. The molecule has 3 N–H and O–H groups in total. The Morgan fingerprint density at radius 2 is 1.96 bits per heavy atom. The van der Waals surface area contributed by atoms with Crippen molar-refractivity contribution in [1.82, 2.24) is 10.2 Å². The third-order valence-electron chi connectivity index (χ3n) is 5.67. The van der Waals surface area contributed by atoms with E-state index in [4.69, 9.17) is 10.5 Å². The lowest BCUT2D eigenvalue weighted by Gasteiger charge is -2.35. The second kappa shape index (κ2) is 8.64. The molecule has 2 aliphatic heterocycles. The highest BCUT2D eigenvalue weighted by atomic mass is 16.5. The van der Waals surface area contributed by atoms with E-state index < -0.39 is 5.41 Å². The van der Waals surface area contributed by atoms with Crippen molar-refractivity contribution >= 4 is 11.8 Å². The summed E-state index contributed by atoms with van der Waals surface area (Å²) in [5, 5.41) is 3.13. The van der Waals surface area contributed by atoms with Gasteiger partial charge in [0.2, 0.25) is 11.8 Å². The molecule has 1 aromatic rings. The van der Waals surface area contributed by atoms with Crippen LogP contribution >= 0.6 is 0 Å². The summed E-state index contributed by atoms with van der Waals surface area (Å²) in [6.45, 7) is 2.81. The topological polar surface area (TPSA) is 84.7 Å². The van der Waals surface area contributed by atoms with Gasteiger partial charge in [-0.05, 0) is 31.2 Å². The Balaban J connectivity index is 1.47.